The quantitative estimate of drug-likeness (QED) is 0.308. The molecule has 0 heterocycles. The van der Waals surface area contributed by atoms with Crippen LogP contribution in [0.15, 0.2) is 54.6 Å². The number of hydrogen-bond donors (Lipinski definition) is 0. The zero-order chi connectivity index (χ0) is 21.3. The summed E-state index contributed by atoms with van der Waals surface area (Å²) in [7, 11) is 0. The highest BCUT2D eigenvalue weighted by Gasteiger charge is 2.10. The Balaban J connectivity index is 0.00000204. The monoisotopic (exact) mass is 395 g/mol. The van der Waals surface area contributed by atoms with E-state index >= 15 is 0 Å². The van der Waals surface area contributed by atoms with Crippen LogP contribution in [0.1, 0.15) is 89.8 Å². The maximum absolute atomic E-state index is 2.62. The van der Waals surface area contributed by atoms with Crippen molar-refractivity contribution in [2.24, 2.45) is 5.92 Å². The number of unbranched alkanes of at least 4 members (excludes halogenated alkanes) is 3. The molecule has 0 bridgehead atoms. The second-order valence-electron chi connectivity index (χ2n) is 8.11. The molecule has 1 unspecified atom stereocenters. The summed E-state index contributed by atoms with van der Waals surface area (Å²) in [6.07, 6.45) is 9.31. The predicted molar refractivity (Wildman–Crippen MR) is 130 cm³/mol. The lowest BCUT2D eigenvalue weighted by atomic mass is 9.99. The summed E-state index contributed by atoms with van der Waals surface area (Å²) in [5, 5.41) is 0. The molecule has 0 aliphatic carbocycles. The lowest BCUT2D eigenvalue weighted by Crippen LogP contribution is -2.25. The van der Waals surface area contributed by atoms with E-state index in [1.807, 2.05) is 13.8 Å². The van der Waals surface area contributed by atoms with Gasteiger partial charge in [-0.1, -0.05) is 121 Å². The number of hydrogen-bond acceptors (Lipinski definition) is 1. The van der Waals surface area contributed by atoms with Gasteiger partial charge in [-0.15, -0.1) is 0 Å². The molecule has 0 aliphatic heterocycles. The van der Waals surface area contributed by atoms with Crippen LogP contribution in [0, 0.1) is 5.92 Å². The number of rotatable bonds is 13. The minimum Gasteiger partial charge on any atom is -0.295 e. The summed E-state index contributed by atoms with van der Waals surface area (Å²) in [6.45, 7) is 14.2. The predicted octanol–water partition coefficient (Wildman–Crippen LogP) is 8.27. The number of nitrogens with zero attached hydrogens (tertiary/aromatic N) is 1. The van der Waals surface area contributed by atoms with Crippen molar-refractivity contribution in [1.29, 1.82) is 0 Å². The lowest BCUT2D eigenvalue weighted by molar-refractivity contribution is 0.234. The van der Waals surface area contributed by atoms with Crippen LogP contribution in [-0.4, -0.2) is 11.4 Å². The summed E-state index contributed by atoms with van der Waals surface area (Å²) >= 11 is 0. The summed E-state index contributed by atoms with van der Waals surface area (Å²) in [4.78, 5) is 2.62. The largest absolute Gasteiger partial charge is 0.295 e. The SMILES string of the molecule is CC.CCCCCCC(C)CCN(Cc1ccccc1)Cc1ccc(CC)cc1. The first-order chi connectivity index (χ1) is 14.2. The van der Waals surface area contributed by atoms with E-state index in [9.17, 15) is 0 Å². The fourth-order valence-electron chi connectivity index (χ4n) is 3.66. The first-order valence-electron chi connectivity index (χ1n) is 12.0. The topological polar surface area (TPSA) is 3.24 Å². The van der Waals surface area contributed by atoms with Crippen LogP contribution < -0.4 is 0 Å². The van der Waals surface area contributed by atoms with Gasteiger partial charge in [-0.25, -0.2) is 0 Å². The third-order valence-corrected chi connectivity index (χ3v) is 5.58. The smallest absolute Gasteiger partial charge is 0.0237 e. The van der Waals surface area contributed by atoms with Crippen molar-refractivity contribution in [2.45, 2.75) is 92.7 Å². The molecule has 0 N–H and O–H groups in total. The molecule has 0 amide bonds. The Bertz CT molecular complexity index is 602. The number of benzene rings is 2. The van der Waals surface area contributed by atoms with Crippen LogP contribution in [0.2, 0.25) is 0 Å². The Morgan fingerprint density at radius 1 is 0.690 bits per heavy atom. The normalized spacial score (nSPS) is 11.8. The third kappa shape index (κ3) is 11.2. The molecule has 2 aromatic carbocycles. The van der Waals surface area contributed by atoms with Gasteiger partial charge in [0.05, 0.1) is 0 Å². The molecule has 1 nitrogen and oxygen atoms in total. The highest BCUT2D eigenvalue weighted by Crippen LogP contribution is 2.17. The van der Waals surface area contributed by atoms with Crippen molar-refractivity contribution in [3.05, 3.63) is 71.3 Å². The van der Waals surface area contributed by atoms with Crippen molar-refractivity contribution in [2.75, 3.05) is 6.54 Å². The Labute approximate surface area is 181 Å². The van der Waals surface area contributed by atoms with Gasteiger partial charge >= 0.3 is 0 Å². The molecule has 0 spiro atoms. The molecule has 0 aromatic heterocycles. The van der Waals surface area contributed by atoms with Gasteiger partial charge in [0.2, 0.25) is 0 Å². The van der Waals surface area contributed by atoms with Crippen molar-refractivity contribution >= 4 is 0 Å². The maximum Gasteiger partial charge on any atom is 0.0237 e. The Hall–Kier alpha value is -1.60. The van der Waals surface area contributed by atoms with Gasteiger partial charge in [-0.05, 0) is 42.0 Å². The van der Waals surface area contributed by atoms with E-state index in [1.165, 1.54) is 61.8 Å². The second kappa shape index (κ2) is 16.2. The molecule has 1 atom stereocenters. The molecule has 0 saturated heterocycles. The summed E-state index contributed by atoms with van der Waals surface area (Å²) in [6, 6.07) is 20.1. The summed E-state index contributed by atoms with van der Waals surface area (Å²) in [5.74, 6) is 0.822. The molecule has 0 aliphatic rings. The summed E-state index contributed by atoms with van der Waals surface area (Å²) < 4.78 is 0. The molecule has 0 fully saturated rings. The molecule has 0 radical (unpaired) electrons. The van der Waals surface area contributed by atoms with Gasteiger partial charge in [0.1, 0.15) is 0 Å². The van der Waals surface area contributed by atoms with Crippen LogP contribution in [-0.2, 0) is 19.5 Å². The van der Waals surface area contributed by atoms with E-state index in [4.69, 9.17) is 0 Å². The highest BCUT2D eigenvalue weighted by molar-refractivity contribution is 5.22. The van der Waals surface area contributed by atoms with Gasteiger partial charge in [0.25, 0.3) is 0 Å². The van der Waals surface area contributed by atoms with Gasteiger partial charge < -0.3 is 0 Å². The first-order valence-corrected chi connectivity index (χ1v) is 12.0. The van der Waals surface area contributed by atoms with Gasteiger partial charge in [-0.2, -0.15) is 0 Å². The van der Waals surface area contributed by atoms with Crippen molar-refractivity contribution < 1.29 is 0 Å². The van der Waals surface area contributed by atoms with Crippen LogP contribution >= 0.6 is 0 Å². The molecular weight excluding hydrogens is 350 g/mol. The van der Waals surface area contributed by atoms with E-state index in [0.717, 1.165) is 25.4 Å². The summed E-state index contributed by atoms with van der Waals surface area (Å²) in [5.41, 5.74) is 4.27. The van der Waals surface area contributed by atoms with E-state index < -0.39 is 0 Å². The Morgan fingerprint density at radius 2 is 1.28 bits per heavy atom. The lowest BCUT2D eigenvalue weighted by Gasteiger charge is -2.24. The van der Waals surface area contributed by atoms with Crippen LogP contribution in [0.4, 0.5) is 0 Å². The van der Waals surface area contributed by atoms with E-state index in [0.29, 0.717) is 0 Å². The van der Waals surface area contributed by atoms with Crippen LogP contribution in [0.5, 0.6) is 0 Å². The third-order valence-electron chi connectivity index (χ3n) is 5.58. The molecule has 2 rings (SSSR count). The first kappa shape index (κ1) is 25.4. The second-order valence-corrected chi connectivity index (χ2v) is 8.11. The molecule has 0 saturated carbocycles. The van der Waals surface area contributed by atoms with E-state index in [-0.39, 0.29) is 0 Å². The zero-order valence-corrected chi connectivity index (χ0v) is 19.8. The van der Waals surface area contributed by atoms with Crippen molar-refractivity contribution in [1.82, 2.24) is 4.90 Å². The van der Waals surface area contributed by atoms with Gasteiger partial charge in [0, 0.05) is 13.1 Å². The maximum atomic E-state index is 2.62. The van der Waals surface area contributed by atoms with Gasteiger partial charge in [-0.3, -0.25) is 4.90 Å². The highest BCUT2D eigenvalue weighted by atomic mass is 15.1. The Morgan fingerprint density at radius 3 is 1.86 bits per heavy atom. The average Bonchev–Trinajstić information content (AvgIpc) is 2.77. The van der Waals surface area contributed by atoms with Crippen molar-refractivity contribution in [3.63, 3.8) is 0 Å². The minimum atomic E-state index is 0.822. The standard InChI is InChI=1S/C26H39N.C2H6/c1-4-6-7-9-12-23(3)19-20-27(21-25-13-10-8-11-14-25)22-26-17-15-24(5-2)16-18-26;1-2/h8,10-11,13-18,23H,4-7,9,12,19-22H2,1-3H3;1-2H3. The van der Waals surface area contributed by atoms with E-state index in [1.54, 1.807) is 0 Å². The van der Waals surface area contributed by atoms with Crippen LogP contribution in [0.25, 0.3) is 0 Å². The average molecular weight is 396 g/mol. The molecular formula is C28H45N. The molecule has 2 aromatic rings. The molecule has 162 valence electrons. The minimum absolute atomic E-state index is 0.822. The Kier molecular flexibility index (Phi) is 14.2. The van der Waals surface area contributed by atoms with Gasteiger partial charge in [0.15, 0.2) is 0 Å². The number of aryl methyl sites for hydroxylation is 1. The van der Waals surface area contributed by atoms with Crippen LogP contribution in [0.3, 0.4) is 0 Å². The zero-order valence-electron chi connectivity index (χ0n) is 19.8. The van der Waals surface area contributed by atoms with Crippen molar-refractivity contribution in [3.8, 4) is 0 Å². The fourth-order valence-corrected chi connectivity index (χ4v) is 3.66. The molecule has 29 heavy (non-hydrogen) atoms. The van der Waals surface area contributed by atoms with E-state index in [2.05, 4.69) is 80.3 Å². The molecule has 1 heteroatoms. The fraction of sp³-hybridized carbons (Fsp3) is 0.571.